The van der Waals surface area contributed by atoms with Crippen LogP contribution in [0.4, 0.5) is 5.69 Å². The van der Waals surface area contributed by atoms with Gasteiger partial charge in [-0.3, -0.25) is 4.98 Å². The lowest BCUT2D eigenvalue weighted by molar-refractivity contribution is 0.340. The number of nitrogens with zero attached hydrogens (tertiary/aromatic N) is 2. The summed E-state index contributed by atoms with van der Waals surface area (Å²) in [6.45, 7) is 4.31. The molecule has 0 amide bonds. The summed E-state index contributed by atoms with van der Waals surface area (Å²) < 4.78 is 30.1. The number of anilines is 1. The highest BCUT2D eigenvalue weighted by Crippen LogP contribution is 2.26. The first-order chi connectivity index (χ1) is 12.0. The predicted octanol–water partition coefficient (Wildman–Crippen LogP) is 2.64. The number of ether oxygens (including phenoxy) is 1. The largest absolute Gasteiger partial charge is 0.494 e. The van der Waals surface area contributed by atoms with Gasteiger partial charge in [0, 0.05) is 23.3 Å². The molecule has 0 aliphatic carbocycles. The van der Waals surface area contributed by atoms with Gasteiger partial charge in [0.2, 0.25) is 0 Å². The molecule has 0 radical (unpaired) electrons. The molecule has 3 rings (SSSR count). The van der Waals surface area contributed by atoms with Crippen molar-refractivity contribution in [2.45, 2.75) is 18.9 Å². The molecule has 0 spiro atoms. The predicted molar refractivity (Wildman–Crippen MR) is 95.8 cm³/mol. The first kappa shape index (κ1) is 17.1. The Morgan fingerprint density at radius 3 is 2.72 bits per heavy atom. The van der Waals surface area contributed by atoms with Crippen LogP contribution < -0.4 is 15.0 Å². The molecule has 2 N–H and O–H groups in total. The fourth-order valence-electron chi connectivity index (χ4n) is 2.38. The Balaban J connectivity index is 1.91. The number of pyridine rings is 2. The molecule has 1 aromatic carbocycles. The zero-order valence-corrected chi connectivity index (χ0v) is 14.7. The highest BCUT2D eigenvalue weighted by atomic mass is 32.2. The van der Waals surface area contributed by atoms with Crippen molar-refractivity contribution in [3.63, 3.8) is 0 Å². The van der Waals surface area contributed by atoms with Crippen molar-refractivity contribution < 1.29 is 13.2 Å². The first-order valence-corrected chi connectivity index (χ1v) is 9.21. The van der Waals surface area contributed by atoms with E-state index in [1.165, 1.54) is 12.3 Å². The number of aromatic nitrogens is 2. The van der Waals surface area contributed by atoms with E-state index in [0.717, 1.165) is 11.1 Å². The van der Waals surface area contributed by atoms with Crippen LogP contribution in [0.3, 0.4) is 0 Å². The van der Waals surface area contributed by atoms with Crippen LogP contribution in [0.5, 0.6) is 5.75 Å². The molecule has 25 heavy (non-hydrogen) atoms. The smallest absolute Gasteiger partial charge is 0.274 e. The van der Waals surface area contributed by atoms with Crippen LogP contribution in [-0.2, 0) is 10.0 Å². The van der Waals surface area contributed by atoms with E-state index in [4.69, 9.17) is 4.74 Å². The number of hydrazine groups is 1. The molecular formula is C17H18N4O3S. The summed E-state index contributed by atoms with van der Waals surface area (Å²) >= 11 is 0. The van der Waals surface area contributed by atoms with Crippen LogP contribution in [0.2, 0.25) is 0 Å². The second-order valence-electron chi connectivity index (χ2n) is 5.32. The van der Waals surface area contributed by atoms with E-state index in [9.17, 15) is 8.42 Å². The van der Waals surface area contributed by atoms with Crippen LogP contribution in [0.15, 0.2) is 53.7 Å². The lowest BCUT2D eigenvalue weighted by Crippen LogP contribution is -2.30. The maximum absolute atomic E-state index is 12.3. The first-order valence-electron chi connectivity index (χ1n) is 7.72. The Morgan fingerprint density at radius 1 is 1.16 bits per heavy atom. The highest BCUT2D eigenvalue weighted by Gasteiger charge is 2.15. The van der Waals surface area contributed by atoms with E-state index in [-0.39, 0.29) is 5.03 Å². The van der Waals surface area contributed by atoms with Gasteiger partial charge in [0.25, 0.3) is 10.0 Å². The van der Waals surface area contributed by atoms with Crippen molar-refractivity contribution in [1.82, 2.24) is 14.8 Å². The van der Waals surface area contributed by atoms with E-state index in [0.29, 0.717) is 23.6 Å². The SMILES string of the molecule is CCOc1ccc2c(NNS(=O)(=O)c3ccccn3)cc(C)nc2c1. The number of rotatable bonds is 6. The number of fused-ring (bicyclic) bond motifs is 1. The number of hydrogen-bond acceptors (Lipinski definition) is 6. The molecule has 130 valence electrons. The molecule has 0 aliphatic rings. The lowest BCUT2D eigenvalue weighted by Gasteiger charge is -2.13. The van der Waals surface area contributed by atoms with E-state index in [1.54, 1.807) is 18.2 Å². The minimum atomic E-state index is -3.77. The van der Waals surface area contributed by atoms with E-state index in [1.807, 2.05) is 32.0 Å². The molecular weight excluding hydrogens is 340 g/mol. The second kappa shape index (κ2) is 7.04. The number of hydrogen-bond donors (Lipinski definition) is 2. The third-order valence-electron chi connectivity index (χ3n) is 3.45. The zero-order chi connectivity index (χ0) is 17.9. The number of benzene rings is 1. The number of sulfonamides is 1. The molecule has 0 fully saturated rings. The Bertz CT molecular complexity index is 991. The Kier molecular flexibility index (Phi) is 4.82. The Morgan fingerprint density at radius 2 is 2.00 bits per heavy atom. The van der Waals surface area contributed by atoms with Gasteiger partial charge >= 0.3 is 0 Å². The van der Waals surface area contributed by atoms with Crippen molar-refractivity contribution >= 4 is 26.6 Å². The van der Waals surface area contributed by atoms with Gasteiger partial charge in [0.05, 0.1) is 17.8 Å². The van der Waals surface area contributed by atoms with Gasteiger partial charge in [-0.15, -0.1) is 4.83 Å². The maximum atomic E-state index is 12.3. The fourth-order valence-corrected chi connectivity index (χ4v) is 3.19. The van der Waals surface area contributed by atoms with Gasteiger partial charge in [-0.2, -0.15) is 0 Å². The van der Waals surface area contributed by atoms with Gasteiger partial charge in [0.15, 0.2) is 5.03 Å². The summed E-state index contributed by atoms with van der Waals surface area (Å²) in [5.41, 5.74) is 4.83. The van der Waals surface area contributed by atoms with Gasteiger partial charge in [-0.05, 0) is 44.2 Å². The van der Waals surface area contributed by atoms with Crippen molar-refractivity contribution in [1.29, 1.82) is 0 Å². The Hall–Kier alpha value is -2.71. The fraction of sp³-hybridized carbons (Fsp3) is 0.176. The Labute approximate surface area is 146 Å². The molecule has 0 bridgehead atoms. The third-order valence-corrected chi connectivity index (χ3v) is 4.62. The lowest BCUT2D eigenvalue weighted by atomic mass is 10.1. The minimum absolute atomic E-state index is 0.0591. The molecule has 0 saturated carbocycles. The van der Waals surface area contributed by atoms with E-state index in [2.05, 4.69) is 20.2 Å². The van der Waals surface area contributed by atoms with E-state index >= 15 is 0 Å². The topological polar surface area (TPSA) is 93.2 Å². The molecule has 8 heteroatoms. The molecule has 0 unspecified atom stereocenters. The molecule has 0 aliphatic heterocycles. The highest BCUT2D eigenvalue weighted by molar-refractivity contribution is 7.89. The zero-order valence-electron chi connectivity index (χ0n) is 13.9. The van der Waals surface area contributed by atoms with Gasteiger partial charge in [0.1, 0.15) is 5.75 Å². The summed E-state index contributed by atoms with van der Waals surface area (Å²) in [5.74, 6) is 0.716. The second-order valence-corrected chi connectivity index (χ2v) is 6.95. The molecule has 3 aromatic rings. The molecule has 0 atom stereocenters. The van der Waals surface area contributed by atoms with Crippen LogP contribution in [0.1, 0.15) is 12.6 Å². The summed E-state index contributed by atoms with van der Waals surface area (Å²) in [6, 6.07) is 11.9. The summed E-state index contributed by atoms with van der Waals surface area (Å²) in [7, 11) is -3.77. The monoisotopic (exact) mass is 358 g/mol. The van der Waals surface area contributed by atoms with Crippen LogP contribution in [-0.4, -0.2) is 25.0 Å². The average Bonchev–Trinajstić information content (AvgIpc) is 2.60. The van der Waals surface area contributed by atoms with E-state index < -0.39 is 10.0 Å². The quantitative estimate of drug-likeness (QED) is 0.658. The van der Waals surface area contributed by atoms with Crippen molar-refractivity contribution in [3.05, 3.63) is 54.4 Å². The normalized spacial score (nSPS) is 11.4. The van der Waals surface area contributed by atoms with Gasteiger partial charge in [-0.1, -0.05) is 6.07 Å². The van der Waals surface area contributed by atoms with Crippen molar-refractivity contribution in [2.24, 2.45) is 0 Å². The molecule has 2 aromatic heterocycles. The molecule has 0 saturated heterocycles. The van der Waals surface area contributed by atoms with Crippen molar-refractivity contribution in [3.8, 4) is 5.75 Å². The summed E-state index contributed by atoms with van der Waals surface area (Å²) in [4.78, 5) is 10.7. The van der Waals surface area contributed by atoms with Gasteiger partial charge in [-0.25, -0.2) is 13.4 Å². The third kappa shape index (κ3) is 3.86. The van der Waals surface area contributed by atoms with Crippen LogP contribution in [0.25, 0.3) is 10.9 Å². The molecule has 7 nitrogen and oxygen atoms in total. The summed E-state index contributed by atoms with van der Waals surface area (Å²) in [6.07, 6.45) is 1.43. The standard InChI is InChI=1S/C17H18N4O3S/c1-3-24-13-7-8-14-15(11-13)19-12(2)10-16(14)20-21-25(22,23)17-6-4-5-9-18-17/h4-11,21H,3H2,1-2H3,(H,19,20). The van der Waals surface area contributed by atoms with Crippen molar-refractivity contribution in [2.75, 3.05) is 12.0 Å². The maximum Gasteiger partial charge on any atom is 0.274 e. The number of aryl methyl sites for hydroxylation is 1. The minimum Gasteiger partial charge on any atom is -0.494 e. The summed E-state index contributed by atoms with van der Waals surface area (Å²) in [5, 5.41) is 0.717. The van der Waals surface area contributed by atoms with Crippen LogP contribution in [0, 0.1) is 6.92 Å². The average molecular weight is 358 g/mol. The number of nitrogens with one attached hydrogen (secondary N) is 2. The van der Waals surface area contributed by atoms with Crippen LogP contribution >= 0.6 is 0 Å². The molecule has 2 heterocycles. The van der Waals surface area contributed by atoms with Gasteiger partial charge < -0.3 is 10.2 Å².